The molecule has 3 nitrogen and oxygen atoms in total. The van der Waals surface area contributed by atoms with Crippen molar-refractivity contribution in [3.05, 3.63) is 56.7 Å². The summed E-state index contributed by atoms with van der Waals surface area (Å²) in [4.78, 5) is 5.66. The van der Waals surface area contributed by atoms with Crippen molar-refractivity contribution in [2.24, 2.45) is 0 Å². The average molecular weight is 371 g/mol. The molecule has 1 atom stereocenters. The number of thiazole rings is 1. The monoisotopic (exact) mass is 369 g/mol. The number of hydrogen-bond donors (Lipinski definition) is 1. The van der Waals surface area contributed by atoms with Gasteiger partial charge in [-0.1, -0.05) is 17.7 Å². The van der Waals surface area contributed by atoms with E-state index in [0.29, 0.717) is 0 Å². The molecule has 6 heteroatoms. The van der Waals surface area contributed by atoms with Crippen molar-refractivity contribution in [3.8, 4) is 0 Å². The van der Waals surface area contributed by atoms with E-state index < -0.39 is 0 Å². The van der Waals surface area contributed by atoms with Gasteiger partial charge in [0.1, 0.15) is 0 Å². The van der Waals surface area contributed by atoms with Crippen molar-refractivity contribution in [1.82, 2.24) is 14.7 Å². The highest BCUT2D eigenvalue weighted by Gasteiger charge is 2.14. The first-order chi connectivity index (χ1) is 9.67. The number of hydrogen-bond acceptors (Lipinski definition) is 3. The van der Waals surface area contributed by atoms with Crippen molar-refractivity contribution >= 4 is 43.8 Å². The molecule has 1 unspecified atom stereocenters. The highest BCUT2D eigenvalue weighted by atomic mass is 79.9. The molecule has 0 saturated carbocycles. The number of nitrogens with one attached hydrogen (secondary N) is 1. The van der Waals surface area contributed by atoms with Crippen LogP contribution in [0.3, 0.4) is 0 Å². The zero-order valence-corrected chi connectivity index (χ0v) is 14.0. The second-order valence-corrected chi connectivity index (χ2v) is 6.68. The fourth-order valence-electron chi connectivity index (χ4n) is 2.20. The van der Waals surface area contributed by atoms with Crippen LogP contribution < -0.4 is 5.32 Å². The Bertz CT molecular complexity index is 708. The van der Waals surface area contributed by atoms with E-state index in [-0.39, 0.29) is 6.04 Å². The molecule has 3 aromatic rings. The molecular formula is C14H13BrClN3S. The van der Waals surface area contributed by atoms with E-state index in [1.807, 2.05) is 30.8 Å². The third-order valence-electron chi connectivity index (χ3n) is 3.25. The van der Waals surface area contributed by atoms with E-state index in [4.69, 9.17) is 11.6 Å². The Morgan fingerprint density at radius 2 is 2.35 bits per heavy atom. The van der Waals surface area contributed by atoms with Crippen LogP contribution in [-0.4, -0.2) is 16.4 Å². The van der Waals surface area contributed by atoms with E-state index in [1.54, 1.807) is 11.3 Å². The lowest BCUT2D eigenvalue weighted by molar-refractivity contribution is 0.586. The zero-order chi connectivity index (χ0) is 14.1. The van der Waals surface area contributed by atoms with Gasteiger partial charge < -0.3 is 5.32 Å². The molecule has 104 valence electrons. The number of rotatable bonds is 4. The Morgan fingerprint density at radius 3 is 3.05 bits per heavy atom. The van der Waals surface area contributed by atoms with Crippen molar-refractivity contribution in [1.29, 1.82) is 0 Å². The Morgan fingerprint density at radius 1 is 1.50 bits per heavy atom. The second-order valence-electron chi connectivity index (χ2n) is 4.54. The fourth-order valence-corrected chi connectivity index (χ4v) is 3.35. The molecule has 1 aromatic carbocycles. The van der Waals surface area contributed by atoms with Gasteiger partial charge in [-0.05, 0) is 40.7 Å². The minimum absolute atomic E-state index is 0.199. The minimum Gasteiger partial charge on any atom is -0.313 e. The highest BCUT2D eigenvalue weighted by molar-refractivity contribution is 9.10. The van der Waals surface area contributed by atoms with Crippen molar-refractivity contribution in [2.45, 2.75) is 12.5 Å². The predicted molar refractivity (Wildman–Crippen MR) is 87.7 cm³/mol. The zero-order valence-electron chi connectivity index (χ0n) is 10.8. The molecule has 0 aliphatic heterocycles. The molecule has 20 heavy (non-hydrogen) atoms. The summed E-state index contributed by atoms with van der Waals surface area (Å²) >= 11 is 11.2. The Labute approximate surface area is 134 Å². The third kappa shape index (κ3) is 2.76. The summed E-state index contributed by atoms with van der Waals surface area (Å²) in [6.07, 6.45) is 4.95. The molecule has 0 amide bonds. The van der Waals surface area contributed by atoms with Gasteiger partial charge in [-0.3, -0.25) is 4.40 Å². The largest absolute Gasteiger partial charge is 0.313 e. The average Bonchev–Trinajstić information content (AvgIpc) is 3.00. The lowest BCUT2D eigenvalue weighted by atomic mass is 10.0. The van der Waals surface area contributed by atoms with E-state index in [9.17, 15) is 0 Å². The summed E-state index contributed by atoms with van der Waals surface area (Å²) in [6.45, 7) is 0. The van der Waals surface area contributed by atoms with Crippen LogP contribution >= 0.6 is 38.9 Å². The lowest BCUT2D eigenvalue weighted by Gasteiger charge is -2.16. The molecule has 0 radical (unpaired) electrons. The number of likely N-dealkylation sites (N-methyl/N-ethyl adjacent to an activating group) is 1. The van der Waals surface area contributed by atoms with Gasteiger partial charge in [0, 0.05) is 34.7 Å². The minimum atomic E-state index is 0.199. The fraction of sp³-hybridized carbons (Fsp3) is 0.214. The normalized spacial score (nSPS) is 12.9. The molecule has 3 rings (SSSR count). The first-order valence-corrected chi connectivity index (χ1v) is 8.25. The van der Waals surface area contributed by atoms with Crippen LogP contribution in [0.15, 0.2) is 40.4 Å². The number of halogens is 2. The molecular weight excluding hydrogens is 358 g/mol. The van der Waals surface area contributed by atoms with Crippen LogP contribution in [0.1, 0.15) is 17.3 Å². The standard InChI is InChI=1S/C14H13BrClN3S/c1-17-13(9-2-3-11(15)12(16)6-9)7-10-8-19-4-5-20-14(19)18-10/h2-6,8,13,17H,7H2,1H3. The van der Waals surface area contributed by atoms with Crippen LogP contribution in [0.25, 0.3) is 4.96 Å². The molecule has 1 N–H and O–H groups in total. The summed E-state index contributed by atoms with van der Waals surface area (Å²) in [5.41, 5.74) is 2.24. The van der Waals surface area contributed by atoms with E-state index >= 15 is 0 Å². The second kappa shape index (κ2) is 5.85. The lowest BCUT2D eigenvalue weighted by Crippen LogP contribution is -2.19. The molecule has 0 aliphatic carbocycles. The number of nitrogens with zero attached hydrogens (tertiary/aromatic N) is 2. The first-order valence-electron chi connectivity index (χ1n) is 6.20. The van der Waals surface area contributed by atoms with Gasteiger partial charge in [0.15, 0.2) is 4.96 Å². The molecule has 0 aliphatic rings. The topological polar surface area (TPSA) is 29.3 Å². The SMILES string of the molecule is CNC(Cc1cn2ccsc2n1)c1ccc(Br)c(Cl)c1. The third-order valence-corrected chi connectivity index (χ3v) is 5.25. The van der Waals surface area contributed by atoms with Gasteiger partial charge in [0.25, 0.3) is 0 Å². The van der Waals surface area contributed by atoms with Crippen molar-refractivity contribution < 1.29 is 0 Å². The first kappa shape index (κ1) is 14.1. The predicted octanol–water partition coefficient (Wildman–Crippen LogP) is 4.31. The Balaban J connectivity index is 1.85. The van der Waals surface area contributed by atoms with Gasteiger partial charge >= 0.3 is 0 Å². The Hall–Kier alpha value is -0.880. The van der Waals surface area contributed by atoms with Crippen LogP contribution in [0.5, 0.6) is 0 Å². The van der Waals surface area contributed by atoms with E-state index in [1.165, 1.54) is 0 Å². The van der Waals surface area contributed by atoms with Crippen LogP contribution in [0.4, 0.5) is 0 Å². The molecule has 0 fully saturated rings. The highest BCUT2D eigenvalue weighted by Crippen LogP contribution is 2.27. The van der Waals surface area contributed by atoms with Crippen molar-refractivity contribution in [3.63, 3.8) is 0 Å². The Kier molecular flexibility index (Phi) is 4.12. The summed E-state index contributed by atoms with van der Waals surface area (Å²) in [5.74, 6) is 0. The maximum Gasteiger partial charge on any atom is 0.193 e. The smallest absolute Gasteiger partial charge is 0.193 e. The summed E-state index contributed by atoms with van der Waals surface area (Å²) < 4.78 is 2.97. The molecule has 2 aromatic heterocycles. The molecule has 2 heterocycles. The quantitative estimate of drug-likeness (QED) is 0.741. The number of benzene rings is 1. The van der Waals surface area contributed by atoms with Gasteiger partial charge in [-0.15, -0.1) is 11.3 Å². The van der Waals surface area contributed by atoms with Crippen molar-refractivity contribution in [2.75, 3.05) is 7.05 Å². The van der Waals surface area contributed by atoms with Crippen LogP contribution in [0.2, 0.25) is 5.02 Å². The molecule has 0 bridgehead atoms. The maximum atomic E-state index is 6.17. The summed E-state index contributed by atoms with van der Waals surface area (Å²) in [7, 11) is 1.96. The van der Waals surface area contributed by atoms with Crippen LogP contribution in [-0.2, 0) is 6.42 Å². The summed E-state index contributed by atoms with van der Waals surface area (Å²) in [6, 6.07) is 6.25. The van der Waals surface area contributed by atoms with Gasteiger partial charge in [-0.25, -0.2) is 4.98 Å². The van der Waals surface area contributed by atoms with Gasteiger partial charge in [0.05, 0.1) is 10.7 Å². The maximum absolute atomic E-state index is 6.17. The van der Waals surface area contributed by atoms with Gasteiger partial charge in [0.2, 0.25) is 0 Å². The number of fused-ring (bicyclic) bond motifs is 1. The van der Waals surface area contributed by atoms with E-state index in [0.717, 1.165) is 32.1 Å². The van der Waals surface area contributed by atoms with E-state index in [2.05, 4.69) is 42.9 Å². The number of imidazole rings is 1. The molecule has 0 spiro atoms. The summed E-state index contributed by atoms with van der Waals surface area (Å²) in [5, 5.41) is 6.10. The molecule has 0 saturated heterocycles. The van der Waals surface area contributed by atoms with Crippen LogP contribution in [0, 0.1) is 0 Å². The number of aromatic nitrogens is 2. The van der Waals surface area contributed by atoms with Gasteiger partial charge in [-0.2, -0.15) is 0 Å².